The number of non-ortho nitro benzene ring substituents is 1. The smallest absolute Gasteiger partial charge is 0.321 e. The zero-order valence-corrected chi connectivity index (χ0v) is 21.8. The summed E-state index contributed by atoms with van der Waals surface area (Å²) >= 11 is 6.23. The Bertz CT molecular complexity index is 1220. The van der Waals surface area contributed by atoms with Crippen LogP contribution in [0.3, 0.4) is 0 Å². The Labute approximate surface area is 210 Å². The van der Waals surface area contributed by atoms with Gasteiger partial charge in [-0.15, -0.1) is 11.6 Å². The van der Waals surface area contributed by atoms with E-state index in [-0.39, 0.29) is 46.9 Å². The molecule has 0 aromatic heterocycles. The Morgan fingerprint density at radius 2 is 1.80 bits per heavy atom. The zero-order chi connectivity index (χ0) is 25.9. The SMILES string of the molecule is CN(C)CCNC(=O)N1CC(CCl)c2c1cc([N+](=O)[O-])c1cc(S(=O)(=O)NCCN(C)C)ccc21. The number of halogens is 1. The number of fused-ring (bicyclic) bond motifs is 3. The number of hydrogen-bond donors (Lipinski definition) is 2. The molecule has 3 rings (SSSR count). The highest BCUT2D eigenvalue weighted by Crippen LogP contribution is 2.45. The van der Waals surface area contributed by atoms with E-state index >= 15 is 0 Å². The first-order chi connectivity index (χ1) is 16.5. The van der Waals surface area contributed by atoms with E-state index in [0.29, 0.717) is 36.3 Å². The van der Waals surface area contributed by atoms with Crippen LogP contribution in [0.2, 0.25) is 0 Å². The molecule has 192 valence electrons. The minimum absolute atomic E-state index is 0.0643. The van der Waals surface area contributed by atoms with Crippen LogP contribution >= 0.6 is 11.6 Å². The van der Waals surface area contributed by atoms with Crippen LogP contribution in [0.15, 0.2) is 29.2 Å². The number of urea groups is 1. The number of sulfonamides is 1. The van der Waals surface area contributed by atoms with E-state index in [2.05, 4.69) is 10.0 Å². The molecule has 13 heteroatoms. The van der Waals surface area contributed by atoms with Crippen molar-refractivity contribution in [2.75, 3.05) is 71.7 Å². The molecule has 2 aromatic carbocycles. The normalized spacial score (nSPS) is 15.7. The number of nitrogens with one attached hydrogen (secondary N) is 2. The van der Waals surface area contributed by atoms with Gasteiger partial charge in [-0.25, -0.2) is 17.9 Å². The highest BCUT2D eigenvalue weighted by Gasteiger charge is 2.36. The summed E-state index contributed by atoms with van der Waals surface area (Å²) in [5, 5.41) is 15.5. The highest BCUT2D eigenvalue weighted by atomic mass is 35.5. The molecule has 2 aromatic rings. The summed E-state index contributed by atoms with van der Waals surface area (Å²) in [6.45, 7) is 2.04. The van der Waals surface area contributed by atoms with E-state index in [9.17, 15) is 23.3 Å². The highest BCUT2D eigenvalue weighted by molar-refractivity contribution is 7.89. The fraction of sp³-hybridized carbons (Fsp3) is 0.500. The molecular weight excluding hydrogens is 496 g/mol. The Morgan fingerprint density at radius 1 is 1.14 bits per heavy atom. The van der Waals surface area contributed by atoms with Gasteiger partial charge >= 0.3 is 6.03 Å². The topological polar surface area (TPSA) is 128 Å². The minimum atomic E-state index is -3.87. The largest absolute Gasteiger partial charge is 0.336 e. The van der Waals surface area contributed by atoms with Gasteiger partial charge in [0.25, 0.3) is 5.69 Å². The number of amides is 2. The van der Waals surface area contributed by atoms with Crippen molar-refractivity contribution in [1.82, 2.24) is 19.8 Å². The molecule has 1 aliphatic rings. The predicted molar refractivity (Wildman–Crippen MR) is 137 cm³/mol. The van der Waals surface area contributed by atoms with Gasteiger partial charge in [0.2, 0.25) is 10.0 Å². The van der Waals surface area contributed by atoms with Crippen LogP contribution in [0.1, 0.15) is 11.5 Å². The van der Waals surface area contributed by atoms with E-state index in [1.165, 1.54) is 23.1 Å². The van der Waals surface area contributed by atoms with Gasteiger partial charge < -0.3 is 15.1 Å². The van der Waals surface area contributed by atoms with Crippen LogP contribution in [0.4, 0.5) is 16.2 Å². The van der Waals surface area contributed by atoms with Crippen molar-refractivity contribution in [2.24, 2.45) is 0 Å². The molecule has 1 heterocycles. The fourth-order valence-corrected chi connectivity index (χ4v) is 5.36. The molecule has 2 N–H and O–H groups in total. The maximum atomic E-state index is 12.9. The molecule has 1 atom stereocenters. The molecule has 0 saturated heterocycles. The third-order valence-electron chi connectivity index (χ3n) is 5.83. The molecule has 2 amide bonds. The average molecular weight is 527 g/mol. The van der Waals surface area contributed by atoms with Gasteiger partial charge in [0.15, 0.2) is 0 Å². The van der Waals surface area contributed by atoms with Crippen molar-refractivity contribution < 1.29 is 18.1 Å². The number of nitrogens with zero attached hydrogens (tertiary/aromatic N) is 4. The first-order valence-corrected chi connectivity index (χ1v) is 13.1. The second kappa shape index (κ2) is 11.0. The number of benzene rings is 2. The molecule has 11 nitrogen and oxygen atoms in total. The summed E-state index contributed by atoms with van der Waals surface area (Å²) in [7, 11) is 3.57. The Hall–Kier alpha value is -2.51. The van der Waals surface area contributed by atoms with Crippen LogP contribution in [0.5, 0.6) is 0 Å². The lowest BCUT2D eigenvalue weighted by atomic mass is 9.95. The second-order valence-corrected chi connectivity index (χ2v) is 11.1. The van der Waals surface area contributed by atoms with Crippen LogP contribution in [-0.4, -0.2) is 96.0 Å². The molecule has 0 fully saturated rings. The minimum Gasteiger partial charge on any atom is -0.336 e. The maximum absolute atomic E-state index is 12.9. The summed E-state index contributed by atoms with van der Waals surface area (Å²) in [6, 6.07) is 5.28. The molecule has 0 aliphatic carbocycles. The van der Waals surface area contributed by atoms with Crippen LogP contribution in [-0.2, 0) is 10.0 Å². The van der Waals surface area contributed by atoms with E-state index in [0.717, 1.165) is 0 Å². The van der Waals surface area contributed by atoms with E-state index in [4.69, 9.17) is 11.6 Å². The summed E-state index contributed by atoms with van der Waals surface area (Å²) in [5.74, 6) is -0.0525. The fourth-order valence-electron chi connectivity index (χ4n) is 4.06. The molecule has 35 heavy (non-hydrogen) atoms. The third kappa shape index (κ3) is 6.01. The van der Waals surface area contributed by atoms with Gasteiger partial charge in [0, 0.05) is 50.6 Å². The number of hydrogen-bond acceptors (Lipinski definition) is 7. The second-order valence-electron chi connectivity index (χ2n) is 8.99. The summed E-state index contributed by atoms with van der Waals surface area (Å²) in [4.78, 5) is 29.5. The van der Waals surface area contributed by atoms with Crippen molar-refractivity contribution in [3.63, 3.8) is 0 Å². The molecular formula is C22H31ClN6O5S. The van der Waals surface area contributed by atoms with Crippen LogP contribution in [0, 0.1) is 10.1 Å². The number of alkyl halides is 1. The molecule has 0 bridgehead atoms. The molecule has 1 aliphatic heterocycles. The first kappa shape index (κ1) is 27.1. The Balaban J connectivity index is 2.06. The average Bonchev–Trinajstić information content (AvgIpc) is 3.16. The van der Waals surface area contributed by atoms with Gasteiger partial charge in [-0.3, -0.25) is 15.0 Å². The molecule has 1 unspecified atom stereocenters. The van der Waals surface area contributed by atoms with Crippen molar-refractivity contribution in [1.29, 1.82) is 0 Å². The monoisotopic (exact) mass is 526 g/mol. The lowest BCUT2D eigenvalue weighted by Gasteiger charge is -2.19. The van der Waals surface area contributed by atoms with Gasteiger partial charge in [-0.2, -0.15) is 0 Å². The van der Waals surface area contributed by atoms with Crippen molar-refractivity contribution in [2.45, 2.75) is 10.8 Å². The number of anilines is 1. The molecule has 0 saturated carbocycles. The Morgan fingerprint density at radius 3 is 2.40 bits per heavy atom. The van der Waals surface area contributed by atoms with Crippen molar-refractivity contribution in [3.8, 4) is 0 Å². The number of nitro benzene ring substituents is 1. The summed E-state index contributed by atoms with van der Waals surface area (Å²) in [5.41, 5.74) is 0.843. The number of rotatable bonds is 10. The zero-order valence-electron chi connectivity index (χ0n) is 20.2. The number of likely N-dealkylation sites (N-methyl/N-ethyl adjacent to an activating group) is 2. The Kier molecular flexibility index (Phi) is 8.54. The van der Waals surface area contributed by atoms with Crippen LogP contribution < -0.4 is 14.9 Å². The van der Waals surface area contributed by atoms with E-state index in [1.54, 1.807) is 6.07 Å². The van der Waals surface area contributed by atoms with E-state index < -0.39 is 14.9 Å². The van der Waals surface area contributed by atoms with Gasteiger partial charge in [0.1, 0.15) is 0 Å². The predicted octanol–water partition coefficient (Wildman–Crippen LogP) is 2.00. The third-order valence-corrected chi connectivity index (χ3v) is 7.66. The number of nitro groups is 1. The van der Waals surface area contributed by atoms with Crippen LogP contribution in [0.25, 0.3) is 10.8 Å². The maximum Gasteiger partial charge on any atom is 0.321 e. The summed E-state index contributed by atoms with van der Waals surface area (Å²) < 4.78 is 28.1. The van der Waals surface area contributed by atoms with Crippen molar-refractivity contribution >= 4 is 49.8 Å². The van der Waals surface area contributed by atoms with Gasteiger partial charge in [-0.1, -0.05) is 6.07 Å². The molecule has 0 radical (unpaired) electrons. The first-order valence-electron chi connectivity index (χ1n) is 11.1. The summed E-state index contributed by atoms with van der Waals surface area (Å²) in [6.07, 6.45) is 0. The molecule has 0 spiro atoms. The van der Waals surface area contributed by atoms with E-state index in [1.807, 2.05) is 38.0 Å². The van der Waals surface area contributed by atoms with Gasteiger partial charge in [-0.05, 0) is 51.3 Å². The lowest BCUT2D eigenvalue weighted by Crippen LogP contribution is -2.42. The number of carbonyl (C=O) groups excluding carboxylic acids is 1. The lowest BCUT2D eigenvalue weighted by molar-refractivity contribution is -0.383. The van der Waals surface area contributed by atoms with Gasteiger partial charge in [0.05, 0.1) is 20.9 Å². The quantitative estimate of drug-likeness (QED) is 0.275. The standard InChI is InChI=1S/C22H31ClN6O5S/c1-26(2)9-7-24-22(30)28-14-15(13-23)21-17-6-5-16(35(33,34)25-8-10-27(3)4)11-18(17)19(29(31)32)12-20(21)28/h5-6,11-12,15,25H,7-10,13-14H2,1-4H3,(H,24,30). The van der Waals surface area contributed by atoms with Crippen molar-refractivity contribution in [3.05, 3.63) is 39.9 Å². The number of carbonyl (C=O) groups is 1.